The average molecular weight is 405 g/mol. The molecule has 0 spiro atoms. The van der Waals surface area contributed by atoms with Crippen LogP contribution in [0.2, 0.25) is 0 Å². The smallest absolute Gasteiger partial charge is 0.144 e. The lowest BCUT2D eigenvalue weighted by molar-refractivity contribution is 0.0330. The molecule has 1 aromatic heterocycles. The van der Waals surface area contributed by atoms with Gasteiger partial charge >= 0.3 is 0 Å². The van der Waals surface area contributed by atoms with E-state index < -0.39 is 0 Å². The van der Waals surface area contributed by atoms with E-state index in [1.807, 2.05) is 24.3 Å². The lowest BCUT2D eigenvalue weighted by Gasteiger charge is -2.26. The first-order chi connectivity index (χ1) is 14.2. The van der Waals surface area contributed by atoms with Gasteiger partial charge in [-0.15, -0.1) is 0 Å². The summed E-state index contributed by atoms with van der Waals surface area (Å²) in [6.45, 7) is 6.07. The standard InChI is InChI=1S/C23H24N4OS/c1-17-6-8-18(9-7-17)14-19(15-24)29-23-20-4-2-3-5-21(20)25-22(26-23)16-27-10-12-28-13-11-27/h2-9,19H,10-14,16H2,1H3. The maximum absolute atomic E-state index is 9.77. The summed E-state index contributed by atoms with van der Waals surface area (Å²) in [5.41, 5.74) is 3.33. The van der Waals surface area contributed by atoms with Gasteiger partial charge in [0.2, 0.25) is 0 Å². The van der Waals surface area contributed by atoms with Gasteiger partial charge in [-0.2, -0.15) is 5.26 Å². The third-order valence-corrected chi connectivity index (χ3v) is 6.11. The van der Waals surface area contributed by atoms with Crippen molar-refractivity contribution >= 4 is 22.7 Å². The molecule has 3 aromatic rings. The Balaban J connectivity index is 1.58. The summed E-state index contributed by atoms with van der Waals surface area (Å²) >= 11 is 1.54. The first-order valence-electron chi connectivity index (χ1n) is 9.89. The molecule has 1 aliphatic heterocycles. The van der Waals surface area contributed by atoms with Crippen molar-refractivity contribution in [1.29, 1.82) is 5.26 Å². The minimum Gasteiger partial charge on any atom is -0.379 e. The molecule has 1 saturated heterocycles. The number of rotatable bonds is 6. The first-order valence-corrected chi connectivity index (χ1v) is 10.8. The third-order valence-electron chi connectivity index (χ3n) is 5.02. The van der Waals surface area contributed by atoms with Gasteiger partial charge < -0.3 is 4.74 Å². The average Bonchev–Trinajstić information content (AvgIpc) is 2.75. The van der Waals surface area contributed by atoms with Crippen molar-refractivity contribution in [3.63, 3.8) is 0 Å². The molecule has 6 heteroatoms. The van der Waals surface area contributed by atoms with E-state index in [1.54, 1.807) is 0 Å². The Hall–Kier alpha value is -2.46. The van der Waals surface area contributed by atoms with Crippen molar-refractivity contribution in [3.8, 4) is 6.07 Å². The first kappa shape index (κ1) is 19.8. The molecule has 4 rings (SSSR count). The van der Waals surface area contributed by atoms with Crippen LogP contribution in [0.1, 0.15) is 17.0 Å². The van der Waals surface area contributed by atoms with Gasteiger partial charge in [0.25, 0.3) is 0 Å². The number of ether oxygens (including phenoxy) is 1. The molecule has 0 radical (unpaired) electrons. The zero-order chi connectivity index (χ0) is 20.1. The van der Waals surface area contributed by atoms with E-state index in [1.165, 1.54) is 22.9 Å². The van der Waals surface area contributed by atoms with E-state index in [0.717, 1.165) is 48.1 Å². The van der Waals surface area contributed by atoms with E-state index in [4.69, 9.17) is 14.7 Å². The van der Waals surface area contributed by atoms with E-state index in [0.29, 0.717) is 13.0 Å². The van der Waals surface area contributed by atoms with Crippen molar-refractivity contribution in [1.82, 2.24) is 14.9 Å². The SMILES string of the molecule is Cc1ccc(CC(C#N)Sc2nc(CN3CCOCC3)nc3ccccc23)cc1. The molecule has 1 atom stereocenters. The lowest BCUT2D eigenvalue weighted by atomic mass is 10.1. The van der Waals surface area contributed by atoms with Crippen molar-refractivity contribution in [2.75, 3.05) is 26.3 Å². The van der Waals surface area contributed by atoms with Gasteiger partial charge in [0.15, 0.2) is 0 Å². The molecule has 5 nitrogen and oxygen atoms in total. The molecule has 2 heterocycles. The predicted molar refractivity (Wildman–Crippen MR) is 116 cm³/mol. The number of benzene rings is 2. The number of nitriles is 1. The molecule has 2 aromatic carbocycles. The summed E-state index contributed by atoms with van der Waals surface area (Å²) in [4.78, 5) is 11.9. The van der Waals surface area contributed by atoms with Crippen LogP contribution in [0.5, 0.6) is 0 Å². The maximum Gasteiger partial charge on any atom is 0.144 e. The van der Waals surface area contributed by atoms with Crippen LogP contribution < -0.4 is 0 Å². The molecule has 1 unspecified atom stereocenters. The topological polar surface area (TPSA) is 62.0 Å². The second-order valence-electron chi connectivity index (χ2n) is 7.28. The fourth-order valence-corrected chi connectivity index (χ4v) is 4.46. The Bertz CT molecular complexity index is 1010. The fourth-order valence-electron chi connectivity index (χ4n) is 3.40. The fraction of sp³-hybridized carbons (Fsp3) is 0.348. The van der Waals surface area contributed by atoms with Crippen LogP contribution in [0.4, 0.5) is 0 Å². The summed E-state index contributed by atoms with van der Waals surface area (Å²) in [5.74, 6) is 0.806. The van der Waals surface area contributed by atoms with Crippen LogP contribution in [0.25, 0.3) is 10.9 Å². The van der Waals surface area contributed by atoms with Crippen LogP contribution >= 0.6 is 11.8 Å². The van der Waals surface area contributed by atoms with Gasteiger partial charge in [-0.05, 0) is 25.0 Å². The largest absolute Gasteiger partial charge is 0.379 e. The highest BCUT2D eigenvalue weighted by Gasteiger charge is 2.18. The monoisotopic (exact) mass is 404 g/mol. The predicted octanol–water partition coefficient (Wildman–Crippen LogP) is 4.00. The number of fused-ring (bicyclic) bond motifs is 1. The van der Waals surface area contributed by atoms with Crippen LogP contribution in [-0.2, 0) is 17.7 Å². The quantitative estimate of drug-likeness (QED) is 0.457. The van der Waals surface area contributed by atoms with Crippen LogP contribution in [0.15, 0.2) is 53.6 Å². The van der Waals surface area contributed by atoms with E-state index in [2.05, 4.69) is 42.2 Å². The highest BCUT2D eigenvalue weighted by molar-refractivity contribution is 8.00. The molecular weight excluding hydrogens is 380 g/mol. The number of hydrogen-bond acceptors (Lipinski definition) is 6. The summed E-state index contributed by atoms with van der Waals surface area (Å²) in [6.07, 6.45) is 0.693. The highest BCUT2D eigenvalue weighted by atomic mass is 32.2. The summed E-state index contributed by atoms with van der Waals surface area (Å²) in [6, 6.07) is 18.9. The summed E-state index contributed by atoms with van der Waals surface area (Å²) < 4.78 is 5.44. The Kier molecular flexibility index (Phi) is 6.40. The lowest BCUT2D eigenvalue weighted by Crippen LogP contribution is -2.36. The second kappa shape index (κ2) is 9.36. The molecule has 1 fully saturated rings. The molecule has 1 aliphatic rings. The number of thioether (sulfide) groups is 1. The van der Waals surface area contributed by atoms with Crippen molar-refractivity contribution in [2.24, 2.45) is 0 Å². The van der Waals surface area contributed by atoms with Crippen molar-refractivity contribution in [3.05, 3.63) is 65.5 Å². The van der Waals surface area contributed by atoms with Crippen LogP contribution in [-0.4, -0.2) is 46.4 Å². The Morgan fingerprint density at radius 3 is 2.62 bits per heavy atom. The van der Waals surface area contributed by atoms with Gasteiger partial charge in [-0.1, -0.05) is 59.8 Å². The molecule has 0 saturated carbocycles. The number of morpholine rings is 1. The minimum absolute atomic E-state index is 0.202. The van der Waals surface area contributed by atoms with E-state index in [-0.39, 0.29) is 5.25 Å². The van der Waals surface area contributed by atoms with Gasteiger partial charge in [-0.3, -0.25) is 4.90 Å². The maximum atomic E-state index is 9.77. The molecule has 148 valence electrons. The van der Waals surface area contributed by atoms with Gasteiger partial charge in [0.05, 0.1) is 31.3 Å². The minimum atomic E-state index is -0.202. The highest BCUT2D eigenvalue weighted by Crippen LogP contribution is 2.30. The molecule has 0 amide bonds. The summed E-state index contributed by atoms with van der Waals surface area (Å²) in [5, 5.41) is 11.5. The van der Waals surface area contributed by atoms with Crippen molar-refractivity contribution in [2.45, 2.75) is 30.2 Å². The molecule has 0 aliphatic carbocycles. The Morgan fingerprint density at radius 2 is 1.86 bits per heavy atom. The molecule has 0 bridgehead atoms. The molecule has 29 heavy (non-hydrogen) atoms. The van der Waals surface area contributed by atoms with E-state index in [9.17, 15) is 5.26 Å². The molecule has 0 N–H and O–H groups in total. The third kappa shape index (κ3) is 5.13. The Morgan fingerprint density at radius 1 is 1.10 bits per heavy atom. The normalized spacial score (nSPS) is 15.9. The van der Waals surface area contributed by atoms with Gasteiger partial charge in [0, 0.05) is 18.5 Å². The van der Waals surface area contributed by atoms with Gasteiger partial charge in [-0.25, -0.2) is 9.97 Å². The second-order valence-corrected chi connectivity index (χ2v) is 8.47. The van der Waals surface area contributed by atoms with Crippen LogP contribution in [0, 0.1) is 18.3 Å². The number of nitrogens with zero attached hydrogens (tertiary/aromatic N) is 4. The summed E-state index contributed by atoms with van der Waals surface area (Å²) in [7, 11) is 0. The molecular formula is C23H24N4OS. The van der Waals surface area contributed by atoms with E-state index >= 15 is 0 Å². The van der Waals surface area contributed by atoms with Crippen LogP contribution in [0.3, 0.4) is 0 Å². The Labute approximate surface area is 175 Å². The number of hydrogen-bond donors (Lipinski definition) is 0. The number of aryl methyl sites for hydroxylation is 1. The number of para-hydroxylation sites is 1. The zero-order valence-electron chi connectivity index (χ0n) is 16.5. The zero-order valence-corrected chi connectivity index (χ0v) is 17.4. The van der Waals surface area contributed by atoms with Crippen molar-refractivity contribution < 1.29 is 4.74 Å². The van der Waals surface area contributed by atoms with Gasteiger partial charge in [0.1, 0.15) is 16.1 Å². The number of aromatic nitrogens is 2.